The molecular weight excluding hydrogens is 469 g/mol. The number of nitrogens with zero attached hydrogens (tertiary/aromatic N) is 1. The van der Waals surface area contributed by atoms with Gasteiger partial charge >= 0.3 is 6.18 Å². The van der Waals surface area contributed by atoms with Gasteiger partial charge in [-0.15, -0.1) is 0 Å². The minimum absolute atomic E-state index is 0.0958. The van der Waals surface area contributed by atoms with Gasteiger partial charge in [-0.25, -0.2) is 0 Å². The van der Waals surface area contributed by atoms with Crippen molar-refractivity contribution in [3.63, 3.8) is 0 Å². The largest absolute Gasteiger partial charge is 0.497 e. The van der Waals surface area contributed by atoms with E-state index in [1.807, 2.05) is 12.1 Å². The van der Waals surface area contributed by atoms with Gasteiger partial charge in [0.2, 0.25) is 5.91 Å². The van der Waals surface area contributed by atoms with E-state index in [0.29, 0.717) is 12.0 Å². The molecular formula is C28H33F3N2O3. The highest BCUT2D eigenvalue weighted by Crippen LogP contribution is 2.53. The van der Waals surface area contributed by atoms with Crippen molar-refractivity contribution >= 4 is 12.0 Å². The van der Waals surface area contributed by atoms with Crippen LogP contribution in [0.5, 0.6) is 5.75 Å². The molecule has 3 atom stereocenters. The van der Waals surface area contributed by atoms with Crippen molar-refractivity contribution in [2.75, 3.05) is 34.4 Å². The number of piperidine rings is 1. The predicted octanol–water partition coefficient (Wildman–Crippen LogP) is 5.05. The van der Waals surface area contributed by atoms with Gasteiger partial charge in [0.1, 0.15) is 5.75 Å². The molecule has 2 aromatic rings. The fourth-order valence-electron chi connectivity index (χ4n) is 5.98. The number of carbonyl (C=O) groups excluding carboxylic acids is 1. The monoisotopic (exact) mass is 502 g/mol. The van der Waals surface area contributed by atoms with E-state index in [2.05, 4.69) is 29.4 Å². The molecule has 0 spiro atoms. The van der Waals surface area contributed by atoms with E-state index in [4.69, 9.17) is 9.47 Å². The van der Waals surface area contributed by atoms with Gasteiger partial charge in [-0.1, -0.05) is 24.3 Å². The van der Waals surface area contributed by atoms with Crippen LogP contribution in [0.15, 0.2) is 54.6 Å². The number of nitrogens with one attached hydrogen (secondary N) is 1. The quantitative estimate of drug-likeness (QED) is 0.562. The third-order valence-electron chi connectivity index (χ3n) is 7.81. The zero-order valence-electron chi connectivity index (χ0n) is 20.9. The molecule has 2 aromatic carbocycles. The smallest absolute Gasteiger partial charge is 0.416 e. The molecule has 1 saturated carbocycles. The fourth-order valence-corrected chi connectivity index (χ4v) is 5.98. The molecule has 1 saturated heterocycles. The number of likely N-dealkylation sites (tertiary alicyclic amines) is 1. The van der Waals surface area contributed by atoms with Gasteiger partial charge in [0, 0.05) is 31.2 Å². The molecule has 2 fully saturated rings. The molecule has 3 unspecified atom stereocenters. The number of carbonyl (C=O) groups is 1. The molecule has 0 radical (unpaired) electrons. The predicted molar refractivity (Wildman–Crippen MR) is 133 cm³/mol. The first-order valence-corrected chi connectivity index (χ1v) is 12.1. The van der Waals surface area contributed by atoms with Gasteiger partial charge in [-0.3, -0.25) is 4.79 Å². The number of likely N-dealkylation sites (N-methyl/N-ethyl adjacent to an activating group) is 1. The van der Waals surface area contributed by atoms with E-state index in [0.717, 1.165) is 55.8 Å². The highest BCUT2D eigenvalue weighted by molar-refractivity contribution is 5.92. The lowest BCUT2D eigenvalue weighted by atomic mass is 9.55. The van der Waals surface area contributed by atoms with Crippen LogP contribution in [0.25, 0.3) is 6.08 Å². The molecule has 194 valence electrons. The van der Waals surface area contributed by atoms with E-state index >= 15 is 0 Å². The van der Waals surface area contributed by atoms with Gasteiger partial charge in [-0.2, -0.15) is 13.2 Å². The Kier molecular flexibility index (Phi) is 7.48. The third kappa shape index (κ3) is 5.15. The molecule has 0 bridgehead atoms. The second-order valence-corrected chi connectivity index (χ2v) is 9.91. The van der Waals surface area contributed by atoms with Crippen molar-refractivity contribution in [2.24, 2.45) is 0 Å². The average Bonchev–Trinajstić information content (AvgIpc) is 2.87. The lowest BCUT2D eigenvalue weighted by Gasteiger charge is -2.59. The molecule has 1 amide bonds. The highest BCUT2D eigenvalue weighted by atomic mass is 19.4. The van der Waals surface area contributed by atoms with Crippen LogP contribution in [-0.4, -0.2) is 56.8 Å². The van der Waals surface area contributed by atoms with Gasteiger partial charge in [0.05, 0.1) is 18.3 Å². The van der Waals surface area contributed by atoms with Crippen LogP contribution in [0, 0.1) is 0 Å². The Morgan fingerprint density at radius 1 is 1.14 bits per heavy atom. The SMILES string of the molecule is COc1cccc(C23CCN(C)CC2(OC)CCC(NC(=O)C=Cc2cccc(C(F)(F)F)c2)C3)c1. The number of fused-ring (bicyclic) bond motifs is 1. The minimum Gasteiger partial charge on any atom is -0.497 e. The summed E-state index contributed by atoms with van der Waals surface area (Å²) in [5, 5.41) is 3.09. The second kappa shape index (κ2) is 10.3. The number of hydrogen-bond acceptors (Lipinski definition) is 4. The number of rotatable bonds is 6. The van der Waals surface area contributed by atoms with E-state index in [1.54, 1.807) is 20.3 Å². The first kappa shape index (κ1) is 26.2. The summed E-state index contributed by atoms with van der Waals surface area (Å²) in [5.74, 6) is 0.456. The molecule has 8 heteroatoms. The van der Waals surface area contributed by atoms with Crippen molar-refractivity contribution in [2.45, 2.75) is 48.9 Å². The Bertz CT molecular complexity index is 1120. The van der Waals surface area contributed by atoms with Crippen molar-refractivity contribution in [3.05, 3.63) is 71.3 Å². The molecule has 0 aromatic heterocycles. The zero-order valence-corrected chi connectivity index (χ0v) is 20.9. The van der Waals surface area contributed by atoms with Gasteiger partial charge in [-0.05, 0) is 80.7 Å². The number of methoxy groups -OCH3 is 2. The molecule has 1 N–H and O–H groups in total. The van der Waals surface area contributed by atoms with Crippen LogP contribution in [0.2, 0.25) is 0 Å². The standard InChI is InChI=1S/C28H33F3N2O3/c1-33-15-14-26(21-7-5-9-24(17-21)35-2)18-23(12-13-27(26,19-33)36-3)32-25(34)11-10-20-6-4-8-22(16-20)28(29,30)31/h4-11,16-17,23H,12-15,18-19H2,1-3H3,(H,32,34). The highest BCUT2D eigenvalue weighted by Gasteiger charge is 2.58. The number of alkyl halides is 3. The van der Waals surface area contributed by atoms with Crippen molar-refractivity contribution in [3.8, 4) is 5.75 Å². The maximum atomic E-state index is 13.0. The summed E-state index contributed by atoms with van der Waals surface area (Å²) < 4.78 is 50.8. The summed E-state index contributed by atoms with van der Waals surface area (Å²) in [4.78, 5) is 15.1. The summed E-state index contributed by atoms with van der Waals surface area (Å²) in [6.45, 7) is 1.69. The van der Waals surface area contributed by atoms with Crippen molar-refractivity contribution < 1.29 is 27.4 Å². The van der Waals surface area contributed by atoms with E-state index in [-0.39, 0.29) is 17.4 Å². The summed E-state index contributed by atoms with van der Waals surface area (Å²) in [6, 6.07) is 12.9. The molecule has 1 aliphatic heterocycles. The first-order valence-electron chi connectivity index (χ1n) is 12.1. The van der Waals surface area contributed by atoms with Crippen molar-refractivity contribution in [1.82, 2.24) is 10.2 Å². The number of benzene rings is 2. The second-order valence-electron chi connectivity index (χ2n) is 9.91. The van der Waals surface area contributed by atoms with E-state index < -0.39 is 17.3 Å². The lowest BCUT2D eigenvalue weighted by molar-refractivity contribution is -0.146. The number of hydrogen-bond donors (Lipinski definition) is 1. The van der Waals surface area contributed by atoms with Crippen LogP contribution in [0.1, 0.15) is 42.4 Å². The van der Waals surface area contributed by atoms with Crippen LogP contribution < -0.4 is 10.1 Å². The maximum absolute atomic E-state index is 13.0. The summed E-state index contributed by atoms with van der Waals surface area (Å²) in [7, 11) is 5.52. The average molecular weight is 503 g/mol. The van der Waals surface area contributed by atoms with Crippen LogP contribution in [0.4, 0.5) is 13.2 Å². The third-order valence-corrected chi connectivity index (χ3v) is 7.81. The molecule has 1 aliphatic carbocycles. The fraction of sp³-hybridized carbons (Fsp3) is 0.464. The Hall–Kier alpha value is -2.84. The van der Waals surface area contributed by atoms with Gasteiger partial charge < -0.3 is 19.7 Å². The van der Waals surface area contributed by atoms with Gasteiger partial charge in [0.15, 0.2) is 0 Å². The zero-order chi connectivity index (χ0) is 26.0. The molecule has 1 heterocycles. The maximum Gasteiger partial charge on any atom is 0.416 e. The Labute approximate surface area is 210 Å². The topological polar surface area (TPSA) is 50.8 Å². The van der Waals surface area contributed by atoms with Crippen LogP contribution >= 0.6 is 0 Å². The van der Waals surface area contributed by atoms with Gasteiger partial charge in [0.25, 0.3) is 0 Å². The first-order chi connectivity index (χ1) is 17.1. The van der Waals surface area contributed by atoms with E-state index in [1.165, 1.54) is 18.2 Å². The van der Waals surface area contributed by atoms with Crippen LogP contribution in [-0.2, 0) is 21.1 Å². The van der Waals surface area contributed by atoms with Crippen molar-refractivity contribution in [1.29, 1.82) is 0 Å². The molecule has 4 rings (SSSR count). The number of ether oxygens (including phenoxy) is 2. The lowest BCUT2D eigenvalue weighted by Crippen LogP contribution is -2.67. The normalized spacial score (nSPS) is 27.0. The molecule has 2 aliphatic rings. The summed E-state index contributed by atoms with van der Waals surface area (Å²) >= 11 is 0. The molecule has 5 nitrogen and oxygen atoms in total. The van der Waals surface area contributed by atoms with E-state index in [9.17, 15) is 18.0 Å². The minimum atomic E-state index is -4.43. The Balaban J connectivity index is 1.56. The number of amides is 1. The Morgan fingerprint density at radius 3 is 2.64 bits per heavy atom. The molecule has 36 heavy (non-hydrogen) atoms. The summed E-state index contributed by atoms with van der Waals surface area (Å²) in [6.07, 6.45) is 1.39. The summed E-state index contributed by atoms with van der Waals surface area (Å²) in [5.41, 5.74) is 0.00164. The Morgan fingerprint density at radius 2 is 1.92 bits per heavy atom. The number of halogens is 3. The van der Waals surface area contributed by atoms with Crippen LogP contribution in [0.3, 0.4) is 0 Å².